The van der Waals surface area contributed by atoms with Crippen molar-refractivity contribution < 1.29 is 9.90 Å². The number of nitrogens with zero attached hydrogens (tertiary/aromatic N) is 1. The summed E-state index contributed by atoms with van der Waals surface area (Å²) < 4.78 is 0. The van der Waals surface area contributed by atoms with Gasteiger partial charge in [-0.1, -0.05) is 24.3 Å². The number of hydrogen-bond acceptors (Lipinski definition) is 2. The average Bonchev–Trinajstić information content (AvgIpc) is 2.38. The van der Waals surface area contributed by atoms with E-state index in [1.54, 1.807) is 18.5 Å². The highest BCUT2D eigenvalue weighted by Crippen LogP contribution is 2.23. The molecule has 2 rings (SSSR count). The van der Waals surface area contributed by atoms with Crippen molar-refractivity contribution in [2.24, 2.45) is 0 Å². The van der Waals surface area contributed by atoms with Crippen molar-refractivity contribution in [2.45, 2.75) is 0 Å². The number of carboxylic acids is 1. The Balaban J connectivity index is 2.45. The Morgan fingerprint density at radius 1 is 1.12 bits per heavy atom. The first-order valence-electron chi connectivity index (χ1n) is 5.18. The van der Waals surface area contributed by atoms with Crippen LogP contribution < -0.4 is 0 Å². The van der Waals surface area contributed by atoms with Gasteiger partial charge in [0, 0.05) is 18.5 Å². The molecule has 0 radical (unpaired) electrons. The van der Waals surface area contributed by atoms with Crippen molar-refractivity contribution in [3.63, 3.8) is 0 Å². The quantitative estimate of drug-likeness (QED) is 0.817. The highest BCUT2D eigenvalue weighted by Gasteiger charge is 2.01. The van der Waals surface area contributed by atoms with E-state index < -0.39 is 5.97 Å². The maximum Gasteiger partial charge on any atom is 0.328 e. The highest BCUT2D eigenvalue weighted by molar-refractivity contribution is 5.87. The van der Waals surface area contributed by atoms with E-state index >= 15 is 0 Å². The zero-order valence-corrected chi connectivity index (χ0v) is 9.08. The predicted molar refractivity (Wildman–Crippen MR) is 66.3 cm³/mol. The van der Waals surface area contributed by atoms with Crippen molar-refractivity contribution in [3.05, 3.63) is 60.4 Å². The fourth-order valence-electron chi connectivity index (χ4n) is 1.60. The number of hydrogen-bond donors (Lipinski definition) is 1. The molecule has 1 heterocycles. The summed E-state index contributed by atoms with van der Waals surface area (Å²) in [6.07, 6.45) is 6.16. The maximum absolute atomic E-state index is 10.5. The van der Waals surface area contributed by atoms with E-state index in [9.17, 15) is 4.79 Å². The van der Waals surface area contributed by atoms with E-state index in [2.05, 4.69) is 4.98 Å². The molecule has 17 heavy (non-hydrogen) atoms. The van der Waals surface area contributed by atoms with Gasteiger partial charge in [0.25, 0.3) is 0 Å². The minimum absolute atomic E-state index is 0.876. The van der Waals surface area contributed by atoms with E-state index in [-0.39, 0.29) is 0 Å². The summed E-state index contributed by atoms with van der Waals surface area (Å²) in [6, 6.07) is 11.4. The van der Waals surface area contributed by atoms with E-state index in [4.69, 9.17) is 5.11 Å². The zero-order valence-electron chi connectivity index (χ0n) is 9.08. The Labute approximate surface area is 99.1 Å². The van der Waals surface area contributed by atoms with E-state index in [0.29, 0.717) is 0 Å². The molecule has 0 aliphatic rings. The third kappa shape index (κ3) is 2.78. The summed E-state index contributed by atoms with van der Waals surface area (Å²) in [5, 5.41) is 8.64. The molecule has 1 aromatic carbocycles. The molecule has 0 unspecified atom stereocenters. The third-order valence-electron chi connectivity index (χ3n) is 2.36. The minimum atomic E-state index is -0.950. The zero-order chi connectivity index (χ0) is 12.1. The molecule has 0 aliphatic heterocycles. The van der Waals surface area contributed by atoms with Crippen molar-refractivity contribution in [2.75, 3.05) is 0 Å². The lowest BCUT2D eigenvalue weighted by molar-refractivity contribution is -0.131. The molecule has 3 nitrogen and oxygen atoms in total. The van der Waals surface area contributed by atoms with Gasteiger partial charge in [0.05, 0.1) is 0 Å². The van der Waals surface area contributed by atoms with Gasteiger partial charge in [-0.05, 0) is 34.9 Å². The van der Waals surface area contributed by atoms with Crippen LogP contribution in [0.15, 0.2) is 54.9 Å². The lowest BCUT2D eigenvalue weighted by Gasteiger charge is -2.05. The molecule has 3 heteroatoms. The van der Waals surface area contributed by atoms with Crippen LogP contribution in [0.1, 0.15) is 5.56 Å². The molecule has 0 atom stereocenters. The largest absolute Gasteiger partial charge is 0.478 e. The van der Waals surface area contributed by atoms with Gasteiger partial charge in [0.2, 0.25) is 0 Å². The van der Waals surface area contributed by atoms with Crippen LogP contribution in [0.5, 0.6) is 0 Å². The Morgan fingerprint density at radius 3 is 2.53 bits per heavy atom. The first kappa shape index (κ1) is 11.1. The first-order chi connectivity index (χ1) is 8.27. The van der Waals surface area contributed by atoms with Gasteiger partial charge in [-0.2, -0.15) is 0 Å². The first-order valence-corrected chi connectivity index (χ1v) is 5.18. The van der Waals surface area contributed by atoms with Crippen LogP contribution >= 0.6 is 0 Å². The van der Waals surface area contributed by atoms with Crippen molar-refractivity contribution in [1.29, 1.82) is 0 Å². The van der Waals surface area contributed by atoms with Gasteiger partial charge >= 0.3 is 5.97 Å². The number of carboxylic acid groups (broad SMARTS) is 1. The van der Waals surface area contributed by atoms with E-state index in [1.165, 1.54) is 0 Å². The van der Waals surface area contributed by atoms with Crippen LogP contribution in [0.4, 0.5) is 0 Å². The van der Waals surface area contributed by atoms with Crippen LogP contribution in [-0.4, -0.2) is 16.1 Å². The summed E-state index contributed by atoms with van der Waals surface area (Å²) in [4.78, 5) is 14.5. The molecule has 0 bridgehead atoms. The fraction of sp³-hybridized carbons (Fsp3) is 0. The van der Waals surface area contributed by atoms with Gasteiger partial charge < -0.3 is 5.11 Å². The van der Waals surface area contributed by atoms with Crippen molar-refractivity contribution >= 4 is 12.0 Å². The topological polar surface area (TPSA) is 50.2 Å². The molecule has 1 aromatic heterocycles. The van der Waals surface area contributed by atoms with Gasteiger partial charge in [0.1, 0.15) is 0 Å². The molecule has 84 valence electrons. The summed E-state index contributed by atoms with van der Waals surface area (Å²) >= 11 is 0. The van der Waals surface area contributed by atoms with Crippen LogP contribution in [0, 0.1) is 0 Å². The number of carbonyl (C=O) groups is 1. The second-order valence-electron chi connectivity index (χ2n) is 3.49. The SMILES string of the molecule is O=C(O)/C=C/c1ccccc1-c1ccncc1. The average molecular weight is 225 g/mol. The van der Waals surface area contributed by atoms with Crippen LogP contribution in [0.3, 0.4) is 0 Å². The summed E-state index contributed by atoms with van der Waals surface area (Å²) in [7, 11) is 0. The van der Waals surface area contributed by atoms with Crippen LogP contribution in [-0.2, 0) is 4.79 Å². The molecule has 0 aliphatic carbocycles. The standard InChI is InChI=1S/C14H11NO2/c16-14(17)6-5-11-3-1-2-4-13(11)12-7-9-15-10-8-12/h1-10H,(H,16,17)/b6-5+. The number of benzene rings is 1. The number of aromatic nitrogens is 1. The molecule has 0 saturated heterocycles. The molecule has 1 N–H and O–H groups in total. The molecule has 0 saturated carbocycles. The molecular weight excluding hydrogens is 214 g/mol. The molecule has 2 aromatic rings. The second-order valence-corrected chi connectivity index (χ2v) is 3.49. The van der Waals surface area contributed by atoms with Gasteiger partial charge in [-0.25, -0.2) is 4.79 Å². The number of pyridine rings is 1. The normalized spacial score (nSPS) is 10.6. The number of rotatable bonds is 3. The minimum Gasteiger partial charge on any atom is -0.478 e. The van der Waals surface area contributed by atoms with Crippen LogP contribution in [0.25, 0.3) is 17.2 Å². The Bertz CT molecular complexity index is 547. The Kier molecular flexibility index (Phi) is 3.31. The highest BCUT2D eigenvalue weighted by atomic mass is 16.4. The predicted octanol–water partition coefficient (Wildman–Crippen LogP) is 2.85. The van der Waals surface area contributed by atoms with E-state index in [1.807, 2.05) is 36.4 Å². The summed E-state index contributed by atoms with van der Waals surface area (Å²) in [5.74, 6) is -0.950. The Morgan fingerprint density at radius 2 is 1.82 bits per heavy atom. The van der Waals surface area contributed by atoms with Crippen molar-refractivity contribution in [1.82, 2.24) is 4.98 Å². The van der Waals surface area contributed by atoms with Gasteiger partial charge in [-0.15, -0.1) is 0 Å². The lowest BCUT2D eigenvalue weighted by atomic mass is 10.0. The monoisotopic (exact) mass is 225 g/mol. The maximum atomic E-state index is 10.5. The number of aliphatic carboxylic acids is 1. The fourth-order valence-corrected chi connectivity index (χ4v) is 1.60. The summed E-state index contributed by atoms with van der Waals surface area (Å²) in [6.45, 7) is 0. The van der Waals surface area contributed by atoms with Gasteiger partial charge in [-0.3, -0.25) is 4.98 Å². The second kappa shape index (κ2) is 5.07. The summed E-state index contributed by atoms with van der Waals surface area (Å²) in [5.41, 5.74) is 2.89. The lowest BCUT2D eigenvalue weighted by Crippen LogP contribution is -1.87. The molecule has 0 fully saturated rings. The molecular formula is C14H11NO2. The third-order valence-corrected chi connectivity index (χ3v) is 2.36. The molecule has 0 amide bonds. The molecule has 0 spiro atoms. The smallest absolute Gasteiger partial charge is 0.328 e. The van der Waals surface area contributed by atoms with Crippen molar-refractivity contribution in [3.8, 4) is 11.1 Å². The van der Waals surface area contributed by atoms with Gasteiger partial charge in [0.15, 0.2) is 0 Å². The van der Waals surface area contributed by atoms with Crippen LogP contribution in [0.2, 0.25) is 0 Å². The van der Waals surface area contributed by atoms with E-state index in [0.717, 1.165) is 22.8 Å². The Hall–Kier alpha value is -2.42.